The van der Waals surface area contributed by atoms with Crippen LogP contribution in [0.5, 0.6) is 0 Å². The zero-order valence-electron chi connectivity index (χ0n) is 25.4. The first-order valence-electron chi connectivity index (χ1n) is 15.6. The van der Waals surface area contributed by atoms with Crippen LogP contribution in [0.1, 0.15) is 70.1 Å². The monoisotopic (exact) mass is 618 g/mol. The molecule has 2 aromatic carbocycles. The Hall–Kier alpha value is -5.32. The normalized spacial score (nSPS) is 18.7. The van der Waals surface area contributed by atoms with Gasteiger partial charge in [0.15, 0.2) is 5.78 Å². The van der Waals surface area contributed by atoms with Crippen molar-refractivity contribution in [2.24, 2.45) is 0 Å². The van der Waals surface area contributed by atoms with Gasteiger partial charge in [-0.1, -0.05) is 36.4 Å². The number of Topliss-reactive ketones (excluding diaryl/α,β-unsaturated/α-hetero) is 1. The third-order valence-corrected chi connectivity index (χ3v) is 9.06. The summed E-state index contributed by atoms with van der Waals surface area (Å²) in [6, 6.07) is 14.2. The average Bonchev–Trinajstić information content (AvgIpc) is 3.80. The smallest absolute Gasteiger partial charge is 0.264 e. The van der Waals surface area contributed by atoms with Gasteiger partial charge in [-0.05, 0) is 49.9 Å². The average molecular weight is 619 g/mol. The Morgan fingerprint density at radius 2 is 1.80 bits per heavy atom. The number of hydrogen-bond donors (Lipinski definition) is 1. The Labute approximate surface area is 265 Å². The number of nitrogens with zero attached hydrogens (tertiary/aromatic N) is 5. The first kappa shape index (κ1) is 29.4. The molecule has 2 aliphatic heterocycles. The van der Waals surface area contributed by atoms with E-state index in [9.17, 15) is 19.2 Å². The lowest BCUT2D eigenvalue weighted by molar-refractivity contribution is -0.131. The van der Waals surface area contributed by atoms with Crippen LogP contribution in [0.15, 0.2) is 83.8 Å². The molecule has 4 aromatic rings. The van der Waals surface area contributed by atoms with Crippen LogP contribution in [0, 0.1) is 0 Å². The van der Waals surface area contributed by atoms with Gasteiger partial charge in [-0.15, -0.1) is 0 Å². The predicted molar refractivity (Wildman–Crippen MR) is 169 cm³/mol. The van der Waals surface area contributed by atoms with E-state index in [2.05, 4.69) is 22.0 Å². The van der Waals surface area contributed by atoms with Gasteiger partial charge in [0.2, 0.25) is 11.8 Å². The van der Waals surface area contributed by atoms with Crippen LogP contribution >= 0.6 is 0 Å². The zero-order valence-corrected chi connectivity index (χ0v) is 25.4. The topological polar surface area (TPSA) is 131 Å². The highest BCUT2D eigenvalue weighted by Crippen LogP contribution is 2.34. The molecule has 2 fully saturated rings. The number of ketones is 1. The number of hydrogen-bond acceptors (Lipinski definition) is 8. The SMILES string of the molecule is C=C1CCC(N2C(=O)c3cccc(NCc4cnn(C5CCN(C(=O)Cc6coc(-c7ccccc7)n6)CC5)c4)c3C2=O)C(=O)C1. The molecule has 1 atom stereocenters. The van der Waals surface area contributed by atoms with Crippen LogP contribution in [-0.4, -0.2) is 67.2 Å². The van der Waals surface area contributed by atoms with Crippen molar-refractivity contribution in [1.29, 1.82) is 0 Å². The van der Waals surface area contributed by atoms with Crippen LogP contribution in [0.25, 0.3) is 11.5 Å². The summed E-state index contributed by atoms with van der Waals surface area (Å²) in [6.45, 7) is 5.54. The molecule has 2 aromatic heterocycles. The molecule has 11 nitrogen and oxygen atoms in total. The summed E-state index contributed by atoms with van der Waals surface area (Å²) < 4.78 is 7.53. The number of oxazole rings is 1. The Balaban J connectivity index is 0.937. The van der Waals surface area contributed by atoms with E-state index in [4.69, 9.17) is 4.42 Å². The molecule has 0 bridgehead atoms. The Bertz CT molecular complexity index is 1830. The second kappa shape index (κ2) is 12.2. The van der Waals surface area contributed by atoms with E-state index in [1.165, 1.54) is 0 Å². The van der Waals surface area contributed by atoms with Gasteiger partial charge in [-0.2, -0.15) is 5.10 Å². The van der Waals surface area contributed by atoms with Gasteiger partial charge in [-0.25, -0.2) is 4.98 Å². The molecule has 7 rings (SSSR count). The van der Waals surface area contributed by atoms with E-state index in [-0.39, 0.29) is 30.6 Å². The van der Waals surface area contributed by atoms with Crippen LogP contribution in [0.3, 0.4) is 0 Å². The number of allylic oxidation sites excluding steroid dienone is 1. The third-order valence-electron chi connectivity index (χ3n) is 9.06. The Morgan fingerprint density at radius 3 is 2.59 bits per heavy atom. The first-order valence-corrected chi connectivity index (χ1v) is 15.6. The van der Waals surface area contributed by atoms with Crippen molar-refractivity contribution in [2.75, 3.05) is 18.4 Å². The molecule has 3 amide bonds. The van der Waals surface area contributed by atoms with Crippen molar-refractivity contribution in [3.63, 3.8) is 0 Å². The third kappa shape index (κ3) is 5.64. The summed E-state index contributed by atoms with van der Waals surface area (Å²) in [5, 5.41) is 7.89. The van der Waals surface area contributed by atoms with Crippen LogP contribution in [0.4, 0.5) is 5.69 Å². The zero-order chi connectivity index (χ0) is 31.8. The summed E-state index contributed by atoms with van der Waals surface area (Å²) >= 11 is 0. The number of amides is 3. The minimum absolute atomic E-state index is 0.0250. The number of fused-ring (bicyclic) bond motifs is 1. The van der Waals surface area contributed by atoms with Gasteiger partial charge in [0.1, 0.15) is 6.26 Å². The molecule has 1 saturated heterocycles. The fraction of sp³-hybridized carbons (Fsp3) is 0.314. The maximum absolute atomic E-state index is 13.5. The Morgan fingerprint density at radius 1 is 1.00 bits per heavy atom. The maximum atomic E-state index is 13.5. The van der Waals surface area contributed by atoms with E-state index < -0.39 is 17.9 Å². The van der Waals surface area contributed by atoms with Gasteiger partial charge in [-0.3, -0.25) is 28.8 Å². The van der Waals surface area contributed by atoms with Crippen molar-refractivity contribution in [3.8, 4) is 11.5 Å². The molecule has 11 heteroatoms. The van der Waals surface area contributed by atoms with Crippen molar-refractivity contribution < 1.29 is 23.6 Å². The van der Waals surface area contributed by atoms with E-state index in [1.807, 2.05) is 46.1 Å². The lowest BCUT2D eigenvalue weighted by Gasteiger charge is -2.32. The van der Waals surface area contributed by atoms with Gasteiger partial charge >= 0.3 is 0 Å². The quantitative estimate of drug-likeness (QED) is 0.220. The number of piperidine rings is 1. The number of likely N-dealkylation sites (tertiary alicyclic amines) is 1. The van der Waals surface area contributed by atoms with Gasteiger partial charge in [0, 0.05) is 49.1 Å². The second-order valence-electron chi connectivity index (χ2n) is 12.1. The van der Waals surface area contributed by atoms with Crippen molar-refractivity contribution in [2.45, 2.75) is 57.2 Å². The number of carbonyl (C=O) groups excluding carboxylic acids is 4. The molecule has 1 unspecified atom stereocenters. The molecule has 234 valence electrons. The van der Waals surface area contributed by atoms with E-state index in [0.29, 0.717) is 60.9 Å². The van der Waals surface area contributed by atoms with Crippen LogP contribution in [0.2, 0.25) is 0 Å². The van der Waals surface area contributed by atoms with Crippen LogP contribution < -0.4 is 5.32 Å². The van der Waals surface area contributed by atoms with Crippen molar-refractivity contribution >= 4 is 29.2 Å². The molecule has 1 aliphatic carbocycles. The van der Waals surface area contributed by atoms with E-state index >= 15 is 0 Å². The number of benzene rings is 2. The standard InChI is InChI=1S/C35H34N6O5/c1-22-10-11-29(30(42)16-22)41-34(44)27-8-5-9-28(32(27)35(41)45)36-18-23-19-37-40(20-23)26-12-14-39(15-13-26)31(43)17-25-21-46-33(38-25)24-6-3-2-4-7-24/h2-9,19-21,26,29,36H,1,10-18H2. The molecule has 1 N–H and O–H groups in total. The summed E-state index contributed by atoms with van der Waals surface area (Å²) in [4.78, 5) is 59.8. The molecule has 0 spiro atoms. The molecule has 1 saturated carbocycles. The molecule has 0 radical (unpaired) electrons. The van der Waals surface area contributed by atoms with Gasteiger partial charge in [0.05, 0.1) is 41.5 Å². The molecule has 46 heavy (non-hydrogen) atoms. The fourth-order valence-corrected chi connectivity index (χ4v) is 6.57. The van der Waals surface area contributed by atoms with Crippen molar-refractivity contribution in [1.82, 2.24) is 24.6 Å². The van der Waals surface area contributed by atoms with Gasteiger partial charge < -0.3 is 14.6 Å². The summed E-state index contributed by atoms with van der Waals surface area (Å²) in [5.74, 6) is -0.476. The van der Waals surface area contributed by atoms with Gasteiger partial charge in [0.25, 0.3) is 11.8 Å². The fourth-order valence-electron chi connectivity index (χ4n) is 6.57. The minimum atomic E-state index is -0.750. The maximum Gasteiger partial charge on any atom is 0.264 e. The highest BCUT2D eigenvalue weighted by molar-refractivity contribution is 6.25. The first-order chi connectivity index (χ1) is 22.4. The summed E-state index contributed by atoms with van der Waals surface area (Å²) in [7, 11) is 0. The highest BCUT2D eigenvalue weighted by atomic mass is 16.3. The predicted octanol–water partition coefficient (Wildman–Crippen LogP) is 4.83. The highest BCUT2D eigenvalue weighted by Gasteiger charge is 2.44. The van der Waals surface area contributed by atoms with E-state index in [0.717, 1.165) is 34.4 Å². The summed E-state index contributed by atoms with van der Waals surface area (Å²) in [5.41, 5.74) is 4.41. The number of aromatic nitrogens is 3. The lowest BCUT2D eigenvalue weighted by atomic mass is 9.89. The van der Waals surface area contributed by atoms with Crippen LogP contribution in [-0.2, 0) is 22.6 Å². The number of imide groups is 1. The molecular formula is C35H34N6O5. The number of anilines is 1. The number of rotatable bonds is 8. The molecule has 3 aliphatic rings. The number of carbonyl (C=O) groups is 4. The van der Waals surface area contributed by atoms with Crippen molar-refractivity contribution in [3.05, 3.63) is 102 Å². The second-order valence-corrected chi connectivity index (χ2v) is 12.1. The minimum Gasteiger partial charge on any atom is -0.444 e. The molecule has 4 heterocycles. The number of nitrogens with one attached hydrogen (secondary N) is 1. The van der Waals surface area contributed by atoms with E-state index in [1.54, 1.807) is 30.7 Å². The Kier molecular flexibility index (Phi) is 7.81. The largest absolute Gasteiger partial charge is 0.444 e. The molecular weight excluding hydrogens is 584 g/mol. The lowest BCUT2D eigenvalue weighted by Crippen LogP contribution is -2.46. The summed E-state index contributed by atoms with van der Waals surface area (Å²) in [6.07, 6.45) is 8.29.